The highest BCUT2D eigenvalue weighted by Gasteiger charge is 2.34. The summed E-state index contributed by atoms with van der Waals surface area (Å²) < 4.78 is 4.53. The van der Waals surface area contributed by atoms with E-state index in [0.29, 0.717) is 11.1 Å². The van der Waals surface area contributed by atoms with E-state index in [9.17, 15) is 14.4 Å². The number of nitrogens with zero attached hydrogens (tertiary/aromatic N) is 1. The lowest BCUT2D eigenvalue weighted by atomic mass is 10.1. The number of hydrogen-bond acceptors (Lipinski definition) is 4. The normalized spacial score (nSPS) is 13.5. The Bertz CT molecular complexity index is 802. The second-order valence-electron chi connectivity index (χ2n) is 5.34. The second kappa shape index (κ2) is 6.50. The first-order chi connectivity index (χ1) is 11.6. The Morgan fingerprint density at radius 3 is 2.12 bits per heavy atom. The van der Waals surface area contributed by atoms with E-state index in [-0.39, 0.29) is 18.4 Å². The highest BCUT2D eigenvalue weighted by Crippen LogP contribution is 2.24. The van der Waals surface area contributed by atoms with Gasteiger partial charge in [0, 0.05) is 6.08 Å². The molecule has 0 spiro atoms. The van der Waals surface area contributed by atoms with E-state index < -0.39 is 5.97 Å². The number of rotatable bonds is 4. The molecule has 0 aromatic heterocycles. The number of carbonyl (C=O) groups is 3. The monoisotopic (exact) mass is 321 g/mol. The van der Waals surface area contributed by atoms with Crippen LogP contribution in [0.2, 0.25) is 0 Å². The molecule has 24 heavy (non-hydrogen) atoms. The van der Waals surface area contributed by atoms with Crippen molar-refractivity contribution in [2.45, 2.75) is 6.54 Å². The molecule has 0 saturated carbocycles. The van der Waals surface area contributed by atoms with Gasteiger partial charge in [-0.3, -0.25) is 14.5 Å². The van der Waals surface area contributed by atoms with Gasteiger partial charge in [0.25, 0.3) is 11.8 Å². The van der Waals surface area contributed by atoms with Crippen LogP contribution in [0.4, 0.5) is 0 Å². The van der Waals surface area contributed by atoms with Crippen molar-refractivity contribution in [1.82, 2.24) is 4.90 Å². The molecule has 0 aliphatic carbocycles. The van der Waals surface area contributed by atoms with Crippen LogP contribution in [-0.4, -0.2) is 29.8 Å². The third-order valence-corrected chi connectivity index (χ3v) is 3.81. The summed E-state index contributed by atoms with van der Waals surface area (Å²) in [5.41, 5.74) is 2.55. The van der Waals surface area contributed by atoms with Crippen LogP contribution >= 0.6 is 0 Å². The van der Waals surface area contributed by atoms with Crippen LogP contribution in [0.25, 0.3) is 6.08 Å². The van der Waals surface area contributed by atoms with Gasteiger partial charge in [0.05, 0.1) is 24.8 Å². The molecule has 3 rings (SSSR count). The molecule has 2 amide bonds. The standard InChI is InChI=1S/C19H15NO4/c1-24-17(21)11-10-13-6-8-14(9-7-13)12-20-18(22)15-4-2-3-5-16(15)19(20)23/h2-11H,12H2,1H3/b11-10+. The summed E-state index contributed by atoms with van der Waals surface area (Å²) in [6, 6.07) is 14.1. The van der Waals surface area contributed by atoms with Crippen LogP contribution in [-0.2, 0) is 16.1 Å². The first kappa shape index (κ1) is 15.7. The molecular weight excluding hydrogens is 306 g/mol. The largest absolute Gasteiger partial charge is 0.466 e. The quantitative estimate of drug-likeness (QED) is 0.493. The molecule has 0 unspecified atom stereocenters. The molecule has 0 bridgehead atoms. The summed E-state index contributed by atoms with van der Waals surface area (Å²) >= 11 is 0. The number of esters is 1. The Balaban J connectivity index is 1.74. The molecule has 0 atom stereocenters. The van der Waals surface area contributed by atoms with E-state index in [1.54, 1.807) is 30.3 Å². The van der Waals surface area contributed by atoms with Crippen molar-refractivity contribution in [1.29, 1.82) is 0 Å². The fourth-order valence-corrected chi connectivity index (χ4v) is 2.53. The van der Waals surface area contributed by atoms with E-state index >= 15 is 0 Å². The second-order valence-corrected chi connectivity index (χ2v) is 5.34. The summed E-state index contributed by atoms with van der Waals surface area (Å²) in [6.45, 7) is 0.216. The fraction of sp³-hybridized carbons (Fsp3) is 0.105. The zero-order valence-electron chi connectivity index (χ0n) is 13.1. The van der Waals surface area contributed by atoms with E-state index in [2.05, 4.69) is 4.74 Å². The van der Waals surface area contributed by atoms with Crippen LogP contribution < -0.4 is 0 Å². The van der Waals surface area contributed by atoms with Gasteiger partial charge in [-0.1, -0.05) is 36.4 Å². The van der Waals surface area contributed by atoms with Gasteiger partial charge in [0.1, 0.15) is 0 Å². The molecule has 0 saturated heterocycles. The zero-order chi connectivity index (χ0) is 17.1. The maximum absolute atomic E-state index is 12.3. The van der Waals surface area contributed by atoms with E-state index in [4.69, 9.17) is 0 Å². The first-order valence-electron chi connectivity index (χ1n) is 7.40. The van der Waals surface area contributed by atoms with Gasteiger partial charge >= 0.3 is 5.97 Å². The zero-order valence-corrected chi connectivity index (χ0v) is 13.1. The fourth-order valence-electron chi connectivity index (χ4n) is 2.53. The predicted octanol–water partition coefficient (Wildman–Crippen LogP) is 2.67. The number of ether oxygens (including phenoxy) is 1. The van der Waals surface area contributed by atoms with Crippen LogP contribution in [0.3, 0.4) is 0 Å². The van der Waals surface area contributed by atoms with E-state index in [0.717, 1.165) is 11.1 Å². The van der Waals surface area contributed by atoms with Gasteiger partial charge in [-0.25, -0.2) is 4.79 Å². The topological polar surface area (TPSA) is 63.7 Å². The van der Waals surface area contributed by atoms with Crippen molar-refractivity contribution in [3.05, 3.63) is 76.9 Å². The predicted molar refractivity (Wildman–Crippen MR) is 88.1 cm³/mol. The number of hydrogen-bond donors (Lipinski definition) is 0. The molecule has 1 aliphatic heterocycles. The Labute approximate surface area is 139 Å². The molecule has 0 N–H and O–H groups in total. The van der Waals surface area contributed by atoms with E-state index in [1.807, 2.05) is 24.3 Å². The summed E-state index contributed by atoms with van der Waals surface area (Å²) in [5.74, 6) is -0.972. The van der Waals surface area contributed by atoms with Crippen LogP contribution in [0.15, 0.2) is 54.6 Å². The van der Waals surface area contributed by atoms with E-state index in [1.165, 1.54) is 18.1 Å². The highest BCUT2D eigenvalue weighted by molar-refractivity contribution is 6.21. The minimum absolute atomic E-state index is 0.216. The first-order valence-corrected chi connectivity index (χ1v) is 7.40. The van der Waals surface area contributed by atoms with Crippen molar-refractivity contribution in [2.24, 2.45) is 0 Å². The average Bonchev–Trinajstić information content (AvgIpc) is 2.86. The van der Waals surface area contributed by atoms with Crippen molar-refractivity contribution in [3.63, 3.8) is 0 Å². The molecule has 0 radical (unpaired) electrons. The van der Waals surface area contributed by atoms with Crippen molar-refractivity contribution < 1.29 is 19.1 Å². The minimum Gasteiger partial charge on any atom is -0.466 e. The Morgan fingerprint density at radius 1 is 1.00 bits per heavy atom. The Hall–Kier alpha value is -3.21. The number of fused-ring (bicyclic) bond motifs is 1. The minimum atomic E-state index is -0.426. The van der Waals surface area contributed by atoms with Gasteiger partial charge in [-0.15, -0.1) is 0 Å². The lowest BCUT2D eigenvalue weighted by Gasteiger charge is -2.13. The number of amides is 2. The highest BCUT2D eigenvalue weighted by atomic mass is 16.5. The molecule has 1 aliphatic rings. The summed E-state index contributed by atoms with van der Waals surface area (Å²) in [6.07, 6.45) is 2.97. The molecule has 2 aromatic rings. The Morgan fingerprint density at radius 2 is 1.58 bits per heavy atom. The van der Waals surface area contributed by atoms with Crippen LogP contribution in [0.5, 0.6) is 0 Å². The van der Waals surface area contributed by atoms with Gasteiger partial charge in [-0.2, -0.15) is 0 Å². The maximum atomic E-state index is 12.3. The third-order valence-electron chi connectivity index (χ3n) is 3.81. The number of carbonyl (C=O) groups excluding carboxylic acids is 3. The summed E-state index contributed by atoms with van der Waals surface area (Å²) in [4.78, 5) is 37.0. The maximum Gasteiger partial charge on any atom is 0.330 e. The number of benzene rings is 2. The molecule has 120 valence electrons. The molecule has 5 heteroatoms. The van der Waals surface area contributed by atoms with Crippen molar-refractivity contribution >= 4 is 23.9 Å². The summed E-state index contributed by atoms with van der Waals surface area (Å²) in [7, 11) is 1.32. The van der Waals surface area contributed by atoms with Crippen LogP contribution in [0.1, 0.15) is 31.8 Å². The van der Waals surface area contributed by atoms with Gasteiger partial charge < -0.3 is 4.74 Å². The lowest BCUT2D eigenvalue weighted by Crippen LogP contribution is -2.29. The third kappa shape index (κ3) is 2.96. The number of methoxy groups -OCH3 is 1. The van der Waals surface area contributed by atoms with Gasteiger partial charge in [-0.05, 0) is 29.3 Å². The molecule has 0 fully saturated rings. The van der Waals surface area contributed by atoms with Crippen molar-refractivity contribution in [2.75, 3.05) is 7.11 Å². The number of imide groups is 1. The molecule has 2 aromatic carbocycles. The van der Waals surface area contributed by atoms with Crippen molar-refractivity contribution in [3.8, 4) is 0 Å². The van der Waals surface area contributed by atoms with Gasteiger partial charge in [0.15, 0.2) is 0 Å². The molecule has 5 nitrogen and oxygen atoms in total. The Kier molecular flexibility index (Phi) is 4.24. The van der Waals surface area contributed by atoms with Crippen LogP contribution in [0, 0.1) is 0 Å². The smallest absolute Gasteiger partial charge is 0.330 e. The SMILES string of the molecule is COC(=O)/C=C/c1ccc(CN2C(=O)c3ccccc3C2=O)cc1. The molecule has 1 heterocycles. The molecular formula is C19H15NO4. The lowest BCUT2D eigenvalue weighted by molar-refractivity contribution is -0.134. The average molecular weight is 321 g/mol. The summed E-state index contributed by atoms with van der Waals surface area (Å²) in [5, 5.41) is 0. The van der Waals surface area contributed by atoms with Gasteiger partial charge in [0.2, 0.25) is 0 Å².